The zero-order chi connectivity index (χ0) is 15.7. The van der Waals surface area contributed by atoms with E-state index < -0.39 is 11.6 Å². The molecule has 0 saturated heterocycles. The van der Waals surface area contributed by atoms with Gasteiger partial charge < -0.3 is 13.6 Å². The van der Waals surface area contributed by atoms with Crippen molar-refractivity contribution in [1.29, 1.82) is 0 Å². The van der Waals surface area contributed by atoms with Crippen molar-refractivity contribution in [2.45, 2.75) is 20.5 Å². The number of para-hydroxylation sites is 2. The van der Waals surface area contributed by atoms with Crippen molar-refractivity contribution in [2.75, 3.05) is 0 Å². The van der Waals surface area contributed by atoms with Crippen LogP contribution in [0, 0.1) is 13.8 Å². The van der Waals surface area contributed by atoms with Crippen molar-refractivity contribution in [3.05, 3.63) is 63.5 Å². The Hall–Kier alpha value is -2.89. The summed E-state index contributed by atoms with van der Waals surface area (Å²) in [4.78, 5) is 27.6. The van der Waals surface area contributed by atoms with Crippen LogP contribution < -0.4 is 5.63 Å². The number of aryl methyl sites for hydroxylation is 2. The van der Waals surface area contributed by atoms with E-state index in [4.69, 9.17) is 13.6 Å². The van der Waals surface area contributed by atoms with Crippen LogP contribution in [0.2, 0.25) is 0 Å². The molecule has 2 aromatic heterocycles. The number of esters is 1. The molecule has 0 N–H and O–H groups in total. The number of ether oxygens (including phenoxy) is 1. The Morgan fingerprint density at radius 1 is 1.23 bits per heavy atom. The molecule has 3 rings (SSSR count). The van der Waals surface area contributed by atoms with Gasteiger partial charge in [-0.15, -0.1) is 0 Å². The topological polar surface area (TPSA) is 82.5 Å². The predicted octanol–water partition coefficient (Wildman–Crippen LogP) is 2.75. The fourth-order valence-electron chi connectivity index (χ4n) is 2.24. The largest absolute Gasteiger partial charge is 0.452 e. The molecule has 1 aromatic carbocycles. The molecule has 6 nitrogen and oxygen atoms in total. The summed E-state index contributed by atoms with van der Waals surface area (Å²) in [6.45, 7) is 3.11. The van der Waals surface area contributed by atoms with Crippen LogP contribution in [-0.4, -0.2) is 11.0 Å². The zero-order valence-electron chi connectivity index (χ0n) is 12.1. The van der Waals surface area contributed by atoms with Crippen molar-refractivity contribution >= 4 is 17.1 Å². The van der Waals surface area contributed by atoms with E-state index in [-0.39, 0.29) is 17.9 Å². The van der Waals surface area contributed by atoms with Crippen molar-refractivity contribution in [1.82, 2.24) is 4.98 Å². The van der Waals surface area contributed by atoms with Gasteiger partial charge in [-0.1, -0.05) is 12.1 Å². The lowest BCUT2D eigenvalue weighted by Gasteiger charge is -2.06. The highest BCUT2D eigenvalue weighted by atomic mass is 16.5. The number of hydrogen-bond acceptors (Lipinski definition) is 6. The Balaban J connectivity index is 1.79. The van der Waals surface area contributed by atoms with E-state index in [1.165, 1.54) is 6.07 Å². The van der Waals surface area contributed by atoms with Crippen LogP contribution >= 0.6 is 0 Å². The Labute approximate surface area is 125 Å². The summed E-state index contributed by atoms with van der Waals surface area (Å²) in [5.74, 6) is -0.0455. The maximum atomic E-state index is 12.1. The first-order valence-electron chi connectivity index (χ1n) is 6.67. The Morgan fingerprint density at radius 3 is 2.73 bits per heavy atom. The fraction of sp³-hybridized carbons (Fsp3) is 0.188. The van der Waals surface area contributed by atoms with E-state index >= 15 is 0 Å². The number of benzene rings is 1. The van der Waals surface area contributed by atoms with Gasteiger partial charge >= 0.3 is 11.6 Å². The van der Waals surface area contributed by atoms with Crippen LogP contribution in [0.5, 0.6) is 0 Å². The zero-order valence-corrected chi connectivity index (χ0v) is 12.1. The van der Waals surface area contributed by atoms with Crippen molar-refractivity contribution in [3.63, 3.8) is 0 Å². The average Bonchev–Trinajstić information content (AvgIpc) is 2.86. The third-order valence-corrected chi connectivity index (χ3v) is 3.20. The van der Waals surface area contributed by atoms with Crippen molar-refractivity contribution in [3.8, 4) is 0 Å². The number of oxazole rings is 1. The lowest BCUT2D eigenvalue weighted by molar-refractivity contribution is 0.0434. The summed E-state index contributed by atoms with van der Waals surface area (Å²) in [5, 5.41) is 0. The molecule has 3 aromatic rings. The first kappa shape index (κ1) is 14.1. The number of fused-ring (bicyclic) bond motifs is 1. The molecule has 6 heteroatoms. The SMILES string of the molecule is Cc1cc(=O)oc(C)c1C(=O)OCc1nc2ccccc2o1. The Kier molecular flexibility index (Phi) is 3.50. The summed E-state index contributed by atoms with van der Waals surface area (Å²) in [6.07, 6.45) is 0. The van der Waals surface area contributed by atoms with Crippen molar-refractivity contribution in [2.24, 2.45) is 0 Å². The summed E-state index contributed by atoms with van der Waals surface area (Å²) in [7, 11) is 0. The average molecular weight is 299 g/mol. The maximum absolute atomic E-state index is 12.1. The Morgan fingerprint density at radius 2 is 2.00 bits per heavy atom. The molecule has 0 aliphatic carbocycles. The molecule has 0 amide bonds. The standard InChI is InChI=1S/C16H13NO5/c1-9-7-14(18)21-10(2)15(9)16(19)20-8-13-17-11-5-3-4-6-12(11)22-13/h3-7H,8H2,1-2H3. The number of carbonyl (C=O) groups excluding carboxylic acids is 1. The van der Waals surface area contributed by atoms with E-state index in [1.54, 1.807) is 19.9 Å². The minimum Gasteiger partial charge on any atom is -0.452 e. The van der Waals surface area contributed by atoms with Gasteiger partial charge in [-0.25, -0.2) is 14.6 Å². The fourth-order valence-corrected chi connectivity index (χ4v) is 2.24. The summed E-state index contributed by atoms with van der Waals surface area (Å²) >= 11 is 0. The highest BCUT2D eigenvalue weighted by Gasteiger charge is 2.18. The lowest BCUT2D eigenvalue weighted by atomic mass is 10.1. The van der Waals surface area contributed by atoms with Gasteiger partial charge in [-0.3, -0.25) is 0 Å². The molecule has 0 saturated carbocycles. The highest BCUT2D eigenvalue weighted by molar-refractivity contribution is 5.91. The quantitative estimate of drug-likeness (QED) is 0.691. The van der Waals surface area contributed by atoms with Gasteiger partial charge in [0.2, 0.25) is 5.89 Å². The van der Waals surface area contributed by atoms with Crippen LogP contribution in [0.3, 0.4) is 0 Å². The van der Waals surface area contributed by atoms with Crippen molar-refractivity contribution < 1.29 is 18.4 Å². The summed E-state index contributed by atoms with van der Waals surface area (Å²) in [6, 6.07) is 8.53. The summed E-state index contributed by atoms with van der Waals surface area (Å²) < 4.78 is 15.6. The molecule has 2 heterocycles. The molecule has 0 unspecified atom stereocenters. The lowest BCUT2D eigenvalue weighted by Crippen LogP contribution is -2.12. The monoisotopic (exact) mass is 299 g/mol. The minimum atomic E-state index is -0.582. The van der Waals surface area contributed by atoms with Crippen LogP contribution in [0.4, 0.5) is 0 Å². The molecule has 0 atom stereocenters. The number of carbonyl (C=O) groups is 1. The summed E-state index contributed by atoms with van der Waals surface area (Å²) in [5.41, 5.74) is 1.59. The maximum Gasteiger partial charge on any atom is 0.342 e. The smallest absolute Gasteiger partial charge is 0.342 e. The van der Waals surface area contributed by atoms with Crippen LogP contribution in [0.25, 0.3) is 11.1 Å². The third kappa shape index (κ3) is 2.63. The normalized spacial score (nSPS) is 10.8. The van der Waals surface area contributed by atoms with Crippen LogP contribution in [-0.2, 0) is 11.3 Å². The molecule has 22 heavy (non-hydrogen) atoms. The van der Waals surface area contributed by atoms with Gasteiger partial charge in [0.05, 0.1) is 0 Å². The second-order valence-electron chi connectivity index (χ2n) is 4.83. The molecule has 0 bridgehead atoms. The molecule has 0 aliphatic rings. The molecule has 0 radical (unpaired) electrons. The van der Waals surface area contributed by atoms with Gasteiger partial charge in [0.15, 0.2) is 12.2 Å². The molecule has 0 aliphatic heterocycles. The number of nitrogens with zero attached hydrogens (tertiary/aromatic N) is 1. The van der Waals surface area contributed by atoms with Crippen LogP contribution in [0.15, 0.2) is 44.0 Å². The molecule has 0 spiro atoms. The molecular weight excluding hydrogens is 286 g/mol. The van der Waals surface area contributed by atoms with E-state index in [9.17, 15) is 9.59 Å². The van der Waals surface area contributed by atoms with E-state index in [0.717, 1.165) is 0 Å². The molecule has 112 valence electrons. The second-order valence-corrected chi connectivity index (χ2v) is 4.83. The molecule has 0 fully saturated rings. The first-order valence-corrected chi connectivity index (χ1v) is 6.67. The number of hydrogen-bond donors (Lipinski definition) is 0. The van der Waals surface area contributed by atoms with Gasteiger partial charge in [0.25, 0.3) is 0 Å². The van der Waals surface area contributed by atoms with Gasteiger partial charge in [0, 0.05) is 6.07 Å². The van der Waals surface area contributed by atoms with E-state index in [0.29, 0.717) is 22.6 Å². The predicted molar refractivity (Wildman–Crippen MR) is 77.6 cm³/mol. The van der Waals surface area contributed by atoms with E-state index in [1.807, 2.05) is 18.2 Å². The Bertz CT molecular complexity index is 847. The van der Waals surface area contributed by atoms with Gasteiger partial charge in [-0.05, 0) is 31.5 Å². The van der Waals surface area contributed by atoms with Gasteiger partial charge in [-0.2, -0.15) is 0 Å². The van der Waals surface area contributed by atoms with E-state index in [2.05, 4.69) is 4.98 Å². The highest BCUT2D eigenvalue weighted by Crippen LogP contribution is 2.17. The third-order valence-electron chi connectivity index (χ3n) is 3.20. The molecular formula is C16H13NO5. The van der Waals surface area contributed by atoms with Crippen LogP contribution in [0.1, 0.15) is 27.6 Å². The number of aromatic nitrogens is 1. The van der Waals surface area contributed by atoms with Gasteiger partial charge in [0.1, 0.15) is 16.8 Å². The first-order chi connectivity index (χ1) is 10.5. The second kappa shape index (κ2) is 5.48. The number of rotatable bonds is 3. The minimum absolute atomic E-state index is 0.0917.